The van der Waals surface area contributed by atoms with Crippen molar-refractivity contribution in [3.63, 3.8) is 0 Å². The van der Waals surface area contributed by atoms with Crippen molar-refractivity contribution in [2.24, 2.45) is 0 Å². The van der Waals surface area contributed by atoms with E-state index < -0.39 is 0 Å². The molecule has 2 aromatic heterocycles. The quantitative estimate of drug-likeness (QED) is 0.569. The molecule has 0 aliphatic rings. The standard InChI is InChI=1S/C14H16O2S2/c1-2-11-5-6-14(18-11)13(15)10-16-8-7-12-4-3-9-17-12/h3-6,9H,2,7-8,10H2,1H3. The van der Waals surface area contributed by atoms with E-state index in [-0.39, 0.29) is 12.4 Å². The fourth-order valence-electron chi connectivity index (χ4n) is 1.58. The van der Waals surface area contributed by atoms with Crippen molar-refractivity contribution < 1.29 is 9.53 Å². The largest absolute Gasteiger partial charge is 0.373 e. The molecule has 0 aliphatic heterocycles. The van der Waals surface area contributed by atoms with E-state index in [1.807, 2.05) is 18.2 Å². The second-order valence-electron chi connectivity index (χ2n) is 3.92. The Labute approximate surface area is 115 Å². The first-order chi connectivity index (χ1) is 8.79. The molecule has 0 aromatic carbocycles. The van der Waals surface area contributed by atoms with Gasteiger partial charge < -0.3 is 4.74 Å². The van der Waals surface area contributed by atoms with Crippen molar-refractivity contribution in [3.05, 3.63) is 44.3 Å². The molecule has 4 heteroatoms. The van der Waals surface area contributed by atoms with Crippen molar-refractivity contribution in [3.8, 4) is 0 Å². The molecule has 0 aliphatic carbocycles. The molecule has 0 radical (unpaired) electrons. The Morgan fingerprint density at radius 2 is 2.17 bits per heavy atom. The van der Waals surface area contributed by atoms with Gasteiger partial charge in [0.25, 0.3) is 0 Å². The topological polar surface area (TPSA) is 26.3 Å². The highest BCUT2D eigenvalue weighted by Crippen LogP contribution is 2.17. The summed E-state index contributed by atoms with van der Waals surface area (Å²) in [6.45, 7) is 2.89. The lowest BCUT2D eigenvalue weighted by molar-refractivity contribution is 0.0770. The van der Waals surface area contributed by atoms with Crippen LogP contribution in [0.2, 0.25) is 0 Å². The lowest BCUT2D eigenvalue weighted by Gasteiger charge is -2.01. The van der Waals surface area contributed by atoms with Crippen LogP contribution in [0, 0.1) is 0 Å². The zero-order chi connectivity index (χ0) is 12.8. The predicted octanol–water partition coefficient (Wildman–Crippen LogP) is 3.81. The molecule has 0 spiro atoms. The van der Waals surface area contributed by atoms with Gasteiger partial charge in [0.05, 0.1) is 11.5 Å². The summed E-state index contributed by atoms with van der Waals surface area (Å²) in [5.41, 5.74) is 0. The van der Waals surface area contributed by atoms with E-state index in [1.54, 1.807) is 22.7 Å². The van der Waals surface area contributed by atoms with Gasteiger partial charge in [-0.3, -0.25) is 4.79 Å². The second-order valence-corrected chi connectivity index (χ2v) is 6.13. The zero-order valence-corrected chi connectivity index (χ0v) is 12.0. The lowest BCUT2D eigenvalue weighted by Crippen LogP contribution is -2.09. The number of aryl methyl sites for hydroxylation is 1. The molecule has 0 fully saturated rings. The van der Waals surface area contributed by atoms with Crippen LogP contribution in [-0.4, -0.2) is 19.0 Å². The van der Waals surface area contributed by atoms with Gasteiger partial charge in [0.2, 0.25) is 0 Å². The average molecular weight is 280 g/mol. The summed E-state index contributed by atoms with van der Waals surface area (Å²) >= 11 is 3.29. The molecular formula is C14H16O2S2. The van der Waals surface area contributed by atoms with E-state index >= 15 is 0 Å². The van der Waals surface area contributed by atoms with E-state index in [0.29, 0.717) is 6.61 Å². The van der Waals surface area contributed by atoms with Crippen LogP contribution in [0.25, 0.3) is 0 Å². The SMILES string of the molecule is CCc1ccc(C(=O)COCCc2cccs2)s1. The van der Waals surface area contributed by atoms with Gasteiger partial charge in [0.1, 0.15) is 6.61 Å². The molecule has 96 valence electrons. The molecule has 2 rings (SSSR count). The second kappa shape index (κ2) is 6.83. The smallest absolute Gasteiger partial charge is 0.198 e. The van der Waals surface area contributed by atoms with Crippen molar-refractivity contribution >= 4 is 28.5 Å². The van der Waals surface area contributed by atoms with Crippen LogP contribution in [0.4, 0.5) is 0 Å². The minimum atomic E-state index is 0.0888. The normalized spacial score (nSPS) is 10.7. The minimum Gasteiger partial charge on any atom is -0.373 e. The molecule has 18 heavy (non-hydrogen) atoms. The molecule has 0 bridgehead atoms. The Morgan fingerprint density at radius 1 is 1.28 bits per heavy atom. The Morgan fingerprint density at radius 3 is 2.83 bits per heavy atom. The number of rotatable bonds is 7. The molecule has 0 unspecified atom stereocenters. The molecule has 2 aromatic rings. The summed E-state index contributed by atoms with van der Waals surface area (Å²) < 4.78 is 5.43. The van der Waals surface area contributed by atoms with Gasteiger partial charge in [0.15, 0.2) is 5.78 Å². The predicted molar refractivity (Wildman–Crippen MR) is 76.9 cm³/mol. The highest BCUT2D eigenvalue weighted by Gasteiger charge is 2.08. The highest BCUT2D eigenvalue weighted by atomic mass is 32.1. The van der Waals surface area contributed by atoms with E-state index in [9.17, 15) is 4.79 Å². The van der Waals surface area contributed by atoms with E-state index in [4.69, 9.17) is 4.74 Å². The number of hydrogen-bond acceptors (Lipinski definition) is 4. The van der Waals surface area contributed by atoms with Crippen LogP contribution in [0.1, 0.15) is 26.3 Å². The minimum absolute atomic E-state index is 0.0888. The Hall–Kier alpha value is -0.970. The van der Waals surface area contributed by atoms with Crippen LogP contribution in [0.5, 0.6) is 0 Å². The van der Waals surface area contributed by atoms with Crippen LogP contribution in [0.15, 0.2) is 29.6 Å². The van der Waals surface area contributed by atoms with Crippen LogP contribution >= 0.6 is 22.7 Å². The monoisotopic (exact) mass is 280 g/mol. The van der Waals surface area contributed by atoms with Gasteiger partial charge in [-0.25, -0.2) is 0 Å². The van der Waals surface area contributed by atoms with Crippen molar-refractivity contribution in [1.29, 1.82) is 0 Å². The maximum atomic E-state index is 11.8. The maximum Gasteiger partial charge on any atom is 0.198 e. The fraction of sp³-hybridized carbons (Fsp3) is 0.357. The van der Waals surface area contributed by atoms with Crippen molar-refractivity contribution in [1.82, 2.24) is 0 Å². The van der Waals surface area contributed by atoms with Crippen molar-refractivity contribution in [2.45, 2.75) is 19.8 Å². The van der Waals surface area contributed by atoms with E-state index in [0.717, 1.165) is 17.7 Å². The van der Waals surface area contributed by atoms with Crippen LogP contribution in [0.3, 0.4) is 0 Å². The summed E-state index contributed by atoms with van der Waals surface area (Å²) in [7, 11) is 0. The maximum absolute atomic E-state index is 11.8. The number of carbonyl (C=O) groups excluding carboxylic acids is 1. The number of Topliss-reactive ketones (excluding diaryl/α,β-unsaturated/α-hetero) is 1. The molecule has 0 saturated carbocycles. The third-order valence-electron chi connectivity index (χ3n) is 2.59. The van der Waals surface area contributed by atoms with Gasteiger partial charge in [0, 0.05) is 16.2 Å². The Bertz CT molecular complexity index is 486. The van der Waals surface area contributed by atoms with Gasteiger partial charge in [-0.05, 0) is 30.0 Å². The van der Waals surface area contributed by atoms with Gasteiger partial charge >= 0.3 is 0 Å². The summed E-state index contributed by atoms with van der Waals surface area (Å²) in [6, 6.07) is 8.03. The van der Waals surface area contributed by atoms with E-state index in [1.165, 1.54) is 9.75 Å². The first kappa shape index (κ1) is 13.5. The molecule has 2 heterocycles. The number of ether oxygens (including phenoxy) is 1. The summed E-state index contributed by atoms with van der Waals surface area (Å²) in [5.74, 6) is 0.0888. The van der Waals surface area contributed by atoms with Crippen LogP contribution in [-0.2, 0) is 17.6 Å². The highest BCUT2D eigenvalue weighted by molar-refractivity contribution is 7.14. The molecule has 0 amide bonds. The average Bonchev–Trinajstić information content (AvgIpc) is 3.05. The first-order valence-electron chi connectivity index (χ1n) is 6.01. The molecule has 0 saturated heterocycles. The van der Waals surface area contributed by atoms with Gasteiger partial charge in [-0.2, -0.15) is 0 Å². The van der Waals surface area contributed by atoms with Gasteiger partial charge in [-0.15, -0.1) is 22.7 Å². The summed E-state index contributed by atoms with van der Waals surface area (Å²) in [4.78, 5) is 15.2. The molecule has 2 nitrogen and oxygen atoms in total. The number of thiophene rings is 2. The molecule has 0 atom stereocenters. The Kier molecular flexibility index (Phi) is 5.11. The zero-order valence-electron chi connectivity index (χ0n) is 10.3. The third kappa shape index (κ3) is 3.77. The lowest BCUT2D eigenvalue weighted by atomic mass is 10.3. The van der Waals surface area contributed by atoms with Crippen molar-refractivity contribution in [2.75, 3.05) is 13.2 Å². The third-order valence-corrected chi connectivity index (χ3v) is 4.80. The number of hydrogen-bond donors (Lipinski definition) is 0. The molecule has 0 N–H and O–H groups in total. The number of ketones is 1. The first-order valence-corrected chi connectivity index (χ1v) is 7.71. The van der Waals surface area contributed by atoms with E-state index in [2.05, 4.69) is 18.4 Å². The van der Waals surface area contributed by atoms with Crippen LogP contribution < -0.4 is 0 Å². The summed E-state index contributed by atoms with van der Waals surface area (Å²) in [5, 5.41) is 2.05. The summed E-state index contributed by atoms with van der Waals surface area (Å²) in [6.07, 6.45) is 1.87. The molecular weight excluding hydrogens is 264 g/mol. The fourth-order valence-corrected chi connectivity index (χ4v) is 3.14. The van der Waals surface area contributed by atoms with Gasteiger partial charge in [-0.1, -0.05) is 13.0 Å². The number of carbonyl (C=O) groups is 1. The Balaban J connectivity index is 1.71.